The molecule has 0 amide bonds. The van der Waals surface area contributed by atoms with E-state index in [4.69, 9.17) is 11.6 Å². The Balaban J connectivity index is 2.38. The zero-order valence-electron chi connectivity index (χ0n) is 9.38. The first kappa shape index (κ1) is 13.8. The fraction of sp³-hybridized carbons (Fsp3) is 0.125. The van der Waals surface area contributed by atoms with Gasteiger partial charge in [0, 0.05) is 11.6 Å². The Morgan fingerprint density at radius 3 is 2.74 bits per heavy atom. The molecule has 0 atom stereocenters. The summed E-state index contributed by atoms with van der Waals surface area (Å²) in [6.45, 7) is 1.66. The molecule has 0 spiro atoms. The van der Waals surface area contributed by atoms with Gasteiger partial charge in [0.2, 0.25) is 0 Å². The number of hydrogen-bond donors (Lipinski definition) is 2. The van der Waals surface area contributed by atoms with Crippen molar-refractivity contribution in [1.29, 1.82) is 0 Å². The van der Waals surface area contributed by atoms with Gasteiger partial charge in [0.1, 0.15) is 10.0 Å². The van der Waals surface area contributed by atoms with Gasteiger partial charge in [0.15, 0.2) is 4.34 Å². The molecule has 0 aromatic carbocycles. The predicted octanol–water partition coefficient (Wildman–Crippen LogP) is 2.14. The first-order chi connectivity index (χ1) is 8.81. The fourth-order valence-electron chi connectivity index (χ4n) is 1.23. The van der Waals surface area contributed by atoms with Gasteiger partial charge in [0.05, 0.1) is 11.1 Å². The first-order valence-electron chi connectivity index (χ1n) is 4.78. The van der Waals surface area contributed by atoms with E-state index in [0.29, 0.717) is 16.9 Å². The molecule has 19 heavy (non-hydrogen) atoms. The second kappa shape index (κ2) is 4.79. The van der Waals surface area contributed by atoms with Gasteiger partial charge in [-0.25, -0.2) is 8.42 Å². The van der Waals surface area contributed by atoms with E-state index in [9.17, 15) is 18.5 Å². The summed E-state index contributed by atoms with van der Waals surface area (Å²) < 4.78 is 25.8. The minimum Gasteiger partial charge on any atom is -0.263 e. The van der Waals surface area contributed by atoms with Gasteiger partial charge in [-0.2, -0.15) is 5.10 Å². The maximum atomic E-state index is 12.0. The summed E-state index contributed by atoms with van der Waals surface area (Å²) in [5.41, 5.74) is 0.161. The highest BCUT2D eigenvalue weighted by Gasteiger charge is 2.25. The van der Waals surface area contributed by atoms with E-state index in [2.05, 4.69) is 14.9 Å². The third-order valence-electron chi connectivity index (χ3n) is 2.17. The van der Waals surface area contributed by atoms with Crippen LogP contribution in [0.5, 0.6) is 0 Å². The Bertz CT molecular complexity index is 736. The van der Waals surface area contributed by atoms with E-state index in [-0.39, 0.29) is 14.4 Å². The molecule has 0 aliphatic carbocycles. The van der Waals surface area contributed by atoms with Crippen LogP contribution in [0.2, 0.25) is 4.34 Å². The molecule has 2 aromatic rings. The maximum absolute atomic E-state index is 12.0. The molecular formula is C8H7ClN4O4S2. The van der Waals surface area contributed by atoms with Crippen molar-refractivity contribution in [2.24, 2.45) is 0 Å². The smallest absolute Gasteiger partial charge is 0.263 e. The predicted molar refractivity (Wildman–Crippen MR) is 70.1 cm³/mol. The van der Waals surface area contributed by atoms with Gasteiger partial charge in [-0.1, -0.05) is 11.6 Å². The molecule has 2 rings (SSSR count). The van der Waals surface area contributed by atoms with Gasteiger partial charge in [-0.15, -0.1) is 11.3 Å². The molecule has 2 aromatic heterocycles. The fourth-order valence-corrected chi connectivity index (χ4v) is 3.98. The van der Waals surface area contributed by atoms with Crippen LogP contribution in [-0.4, -0.2) is 23.5 Å². The molecule has 0 saturated carbocycles. The minimum atomic E-state index is -3.93. The van der Waals surface area contributed by atoms with Crippen LogP contribution in [0.1, 0.15) is 5.56 Å². The number of nitrogens with zero attached hydrogens (tertiary/aromatic N) is 2. The maximum Gasteiger partial charge on any atom is 0.300 e. The molecule has 0 radical (unpaired) electrons. The van der Waals surface area contributed by atoms with Crippen molar-refractivity contribution in [3.05, 3.63) is 32.3 Å². The van der Waals surface area contributed by atoms with Crippen LogP contribution in [0.4, 0.5) is 11.5 Å². The molecule has 102 valence electrons. The van der Waals surface area contributed by atoms with Crippen molar-refractivity contribution in [1.82, 2.24) is 10.2 Å². The summed E-state index contributed by atoms with van der Waals surface area (Å²) in [5, 5.41) is 16.8. The van der Waals surface area contributed by atoms with Crippen molar-refractivity contribution in [3.63, 3.8) is 0 Å². The van der Waals surface area contributed by atoms with Gasteiger partial charge >= 0.3 is 0 Å². The van der Waals surface area contributed by atoms with Crippen molar-refractivity contribution in [2.45, 2.75) is 11.1 Å². The number of sulfonamides is 1. The topological polar surface area (TPSA) is 118 Å². The monoisotopic (exact) mass is 322 g/mol. The lowest BCUT2D eigenvalue weighted by molar-refractivity contribution is -0.384. The standard InChI is InChI=1S/C8H7ClN4O4S2/c1-4-3-10-11-8(4)12-19(16,17)6-2-5(13(14)15)7(9)18-6/h2-3H,1H3,(H2,10,11,12). The van der Waals surface area contributed by atoms with Crippen LogP contribution in [0.25, 0.3) is 0 Å². The van der Waals surface area contributed by atoms with Crippen molar-refractivity contribution in [3.8, 4) is 0 Å². The van der Waals surface area contributed by atoms with Crippen LogP contribution >= 0.6 is 22.9 Å². The number of aryl methyl sites for hydroxylation is 1. The largest absolute Gasteiger partial charge is 0.300 e. The van der Waals surface area contributed by atoms with Crippen molar-refractivity contribution >= 4 is 44.5 Å². The normalized spacial score (nSPS) is 11.5. The third kappa shape index (κ3) is 2.69. The highest BCUT2D eigenvalue weighted by atomic mass is 35.5. The second-order valence-corrected chi connectivity index (χ2v) is 7.08. The SMILES string of the molecule is Cc1cn[nH]c1NS(=O)(=O)c1cc([N+](=O)[O-])c(Cl)s1. The molecule has 0 aliphatic heterocycles. The Morgan fingerprint density at radius 2 is 2.26 bits per heavy atom. The number of hydrogen-bond acceptors (Lipinski definition) is 6. The number of anilines is 1. The molecule has 0 unspecified atom stereocenters. The zero-order valence-corrected chi connectivity index (χ0v) is 11.8. The van der Waals surface area contributed by atoms with E-state index in [0.717, 1.165) is 6.07 Å². The number of aromatic amines is 1. The van der Waals surface area contributed by atoms with E-state index in [1.165, 1.54) is 6.20 Å². The number of nitrogens with one attached hydrogen (secondary N) is 2. The highest BCUT2D eigenvalue weighted by Crippen LogP contribution is 2.36. The molecule has 0 bridgehead atoms. The first-order valence-corrected chi connectivity index (χ1v) is 7.45. The lowest BCUT2D eigenvalue weighted by Gasteiger charge is -2.03. The number of rotatable bonds is 4. The summed E-state index contributed by atoms with van der Waals surface area (Å²) in [4.78, 5) is 9.89. The van der Waals surface area contributed by atoms with Crippen LogP contribution in [0, 0.1) is 17.0 Å². The second-order valence-electron chi connectivity index (χ2n) is 3.52. The average Bonchev–Trinajstić information content (AvgIpc) is 2.86. The number of halogens is 1. The summed E-state index contributed by atoms with van der Waals surface area (Å²) >= 11 is 6.24. The summed E-state index contributed by atoms with van der Waals surface area (Å²) in [7, 11) is -3.93. The van der Waals surface area contributed by atoms with Crippen LogP contribution in [0.3, 0.4) is 0 Å². The highest BCUT2D eigenvalue weighted by molar-refractivity contribution is 7.94. The Hall–Kier alpha value is -1.65. The van der Waals surface area contributed by atoms with E-state index in [1.54, 1.807) is 6.92 Å². The van der Waals surface area contributed by atoms with Gasteiger partial charge < -0.3 is 0 Å². The molecule has 0 fully saturated rings. The minimum absolute atomic E-state index is 0.188. The zero-order chi connectivity index (χ0) is 14.2. The van der Waals surface area contributed by atoms with E-state index < -0.39 is 20.6 Å². The number of H-pyrrole nitrogens is 1. The average molecular weight is 323 g/mol. The summed E-state index contributed by atoms with van der Waals surface area (Å²) in [5.74, 6) is 0.201. The van der Waals surface area contributed by atoms with Crippen LogP contribution in [-0.2, 0) is 10.0 Å². The molecule has 0 saturated heterocycles. The lowest BCUT2D eigenvalue weighted by Crippen LogP contribution is -2.12. The molecule has 2 heterocycles. The Kier molecular flexibility index (Phi) is 3.47. The Labute approximate surface area is 116 Å². The lowest BCUT2D eigenvalue weighted by atomic mass is 10.4. The Morgan fingerprint density at radius 1 is 1.58 bits per heavy atom. The van der Waals surface area contributed by atoms with E-state index >= 15 is 0 Å². The third-order valence-corrected chi connectivity index (χ3v) is 5.33. The van der Waals surface area contributed by atoms with Crippen LogP contribution < -0.4 is 4.72 Å². The number of thiophene rings is 1. The molecule has 0 aliphatic rings. The molecule has 11 heteroatoms. The van der Waals surface area contributed by atoms with Crippen molar-refractivity contribution < 1.29 is 13.3 Å². The van der Waals surface area contributed by atoms with Gasteiger partial charge in [-0.05, 0) is 6.92 Å². The van der Waals surface area contributed by atoms with Crippen molar-refractivity contribution in [2.75, 3.05) is 4.72 Å². The quantitative estimate of drug-likeness (QED) is 0.660. The van der Waals surface area contributed by atoms with Crippen LogP contribution in [0.15, 0.2) is 16.5 Å². The molecule has 2 N–H and O–H groups in total. The molecule has 8 nitrogen and oxygen atoms in total. The summed E-state index contributed by atoms with van der Waals surface area (Å²) in [6, 6.07) is 0.918. The summed E-state index contributed by atoms with van der Waals surface area (Å²) in [6.07, 6.45) is 1.45. The number of nitro groups is 1. The molecular weight excluding hydrogens is 316 g/mol. The number of aromatic nitrogens is 2. The van der Waals surface area contributed by atoms with Gasteiger partial charge in [0.25, 0.3) is 15.7 Å². The van der Waals surface area contributed by atoms with E-state index in [1.807, 2.05) is 0 Å². The van der Waals surface area contributed by atoms with Gasteiger partial charge in [-0.3, -0.25) is 19.9 Å².